The van der Waals surface area contributed by atoms with Crippen LogP contribution in [0.15, 0.2) is 39.5 Å². The topological polar surface area (TPSA) is 64.3 Å². The zero-order chi connectivity index (χ0) is 11.8. The molecular weight excluding hydrogens is 252 g/mol. The second-order valence-electron chi connectivity index (χ2n) is 3.31. The van der Waals surface area contributed by atoms with Crippen molar-refractivity contribution in [1.29, 1.82) is 0 Å². The summed E-state index contributed by atoms with van der Waals surface area (Å²) < 4.78 is 26.7. The maximum atomic E-state index is 11.0. The van der Waals surface area contributed by atoms with Gasteiger partial charge in [0.1, 0.15) is 5.58 Å². The van der Waals surface area contributed by atoms with E-state index in [0.29, 0.717) is 11.1 Å². The molecule has 1 aromatic heterocycles. The SMILES string of the molecule is O=c1ccc2ccc(CS(=O)(=O)Cl)cc2o1. The Balaban J connectivity index is 2.55. The molecule has 0 aliphatic heterocycles. The normalized spacial score (nSPS) is 11.8. The smallest absolute Gasteiger partial charge is 0.336 e. The minimum atomic E-state index is -3.60. The lowest BCUT2D eigenvalue weighted by Crippen LogP contribution is -1.97. The zero-order valence-corrected chi connectivity index (χ0v) is 9.59. The highest BCUT2D eigenvalue weighted by molar-refractivity contribution is 8.13. The van der Waals surface area contributed by atoms with Crippen molar-refractivity contribution in [2.75, 3.05) is 0 Å². The molecule has 4 nitrogen and oxygen atoms in total. The van der Waals surface area contributed by atoms with E-state index in [-0.39, 0.29) is 5.75 Å². The zero-order valence-electron chi connectivity index (χ0n) is 8.01. The van der Waals surface area contributed by atoms with Crippen LogP contribution in [0.2, 0.25) is 0 Å². The number of benzene rings is 1. The Kier molecular flexibility index (Phi) is 2.73. The third-order valence-electron chi connectivity index (χ3n) is 2.03. The number of hydrogen-bond acceptors (Lipinski definition) is 4. The Morgan fingerprint density at radius 3 is 2.56 bits per heavy atom. The summed E-state index contributed by atoms with van der Waals surface area (Å²) in [4.78, 5) is 11.0. The molecule has 1 heterocycles. The molecule has 0 saturated carbocycles. The lowest BCUT2D eigenvalue weighted by atomic mass is 10.2. The number of rotatable bonds is 2. The Labute approximate surface area is 95.9 Å². The lowest BCUT2D eigenvalue weighted by Gasteiger charge is -2.00. The van der Waals surface area contributed by atoms with Gasteiger partial charge < -0.3 is 4.42 Å². The van der Waals surface area contributed by atoms with E-state index in [9.17, 15) is 13.2 Å². The van der Waals surface area contributed by atoms with Crippen molar-refractivity contribution < 1.29 is 12.8 Å². The minimum Gasteiger partial charge on any atom is -0.423 e. The van der Waals surface area contributed by atoms with Gasteiger partial charge >= 0.3 is 5.63 Å². The molecule has 0 spiro atoms. The number of halogens is 1. The highest BCUT2D eigenvalue weighted by atomic mass is 35.7. The fourth-order valence-electron chi connectivity index (χ4n) is 1.39. The van der Waals surface area contributed by atoms with Gasteiger partial charge in [-0.05, 0) is 17.7 Å². The molecular formula is C10H7ClO4S. The molecule has 0 saturated heterocycles. The highest BCUT2D eigenvalue weighted by Gasteiger charge is 2.08. The largest absolute Gasteiger partial charge is 0.423 e. The van der Waals surface area contributed by atoms with Crippen molar-refractivity contribution in [3.63, 3.8) is 0 Å². The first-order chi connectivity index (χ1) is 7.44. The van der Waals surface area contributed by atoms with Gasteiger partial charge in [-0.1, -0.05) is 12.1 Å². The lowest BCUT2D eigenvalue weighted by molar-refractivity contribution is 0.560. The van der Waals surface area contributed by atoms with Crippen LogP contribution in [-0.4, -0.2) is 8.42 Å². The first-order valence-corrected chi connectivity index (χ1v) is 6.87. The van der Waals surface area contributed by atoms with Gasteiger partial charge in [-0.2, -0.15) is 0 Å². The van der Waals surface area contributed by atoms with Crippen LogP contribution in [0.3, 0.4) is 0 Å². The van der Waals surface area contributed by atoms with Gasteiger partial charge in [0.15, 0.2) is 0 Å². The van der Waals surface area contributed by atoms with E-state index in [0.717, 1.165) is 5.39 Å². The summed E-state index contributed by atoms with van der Waals surface area (Å²) >= 11 is 0. The summed E-state index contributed by atoms with van der Waals surface area (Å²) in [5.74, 6) is -0.289. The van der Waals surface area contributed by atoms with Crippen LogP contribution in [0.1, 0.15) is 5.56 Å². The van der Waals surface area contributed by atoms with Gasteiger partial charge in [-0.3, -0.25) is 0 Å². The standard InChI is InChI=1S/C10H7ClO4S/c11-16(13,14)6-7-1-2-8-3-4-10(12)15-9(8)5-7/h1-5H,6H2. The van der Waals surface area contributed by atoms with E-state index < -0.39 is 14.7 Å². The fraction of sp³-hybridized carbons (Fsp3) is 0.100. The number of hydrogen-bond donors (Lipinski definition) is 0. The minimum absolute atomic E-state index is 0.289. The quantitative estimate of drug-likeness (QED) is 0.609. The molecule has 0 aliphatic rings. The van der Waals surface area contributed by atoms with E-state index in [4.69, 9.17) is 15.1 Å². The van der Waals surface area contributed by atoms with Crippen LogP contribution >= 0.6 is 10.7 Å². The molecule has 84 valence electrons. The van der Waals surface area contributed by atoms with Crippen LogP contribution in [0.25, 0.3) is 11.0 Å². The molecule has 16 heavy (non-hydrogen) atoms. The second-order valence-corrected chi connectivity index (χ2v) is 6.09. The van der Waals surface area contributed by atoms with E-state index in [2.05, 4.69) is 0 Å². The first-order valence-electron chi connectivity index (χ1n) is 4.39. The Morgan fingerprint density at radius 2 is 1.88 bits per heavy atom. The van der Waals surface area contributed by atoms with Gasteiger partial charge in [0.2, 0.25) is 9.05 Å². The van der Waals surface area contributed by atoms with E-state index in [1.54, 1.807) is 18.2 Å². The fourth-order valence-corrected chi connectivity index (χ4v) is 2.35. The predicted octanol–water partition coefficient (Wildman–Crippen LogP) is 1.86. The maximum absolute atomic E-state index is 11.0. The predicted molar refractivity (Wildman–Crippen MR) is 61.0 cm³/mol. The van der Waals surface area contributed by atoms with E-state index >= 15 is 0 Å². The van der Waals surface area contributed by atoms with Crippen molar-refractivity contribution >= 4 is 30.7 Å². The third kappa shape index (κ3) is 2.62. The number of fused-ring (bicyclic) bond motifs is 1. The van der Waals surface area contributed by atoms with Gasteiger partial charge in [0, 0.05) is 22.1 Å². The summed E-state index contributed by atoms with van der Waals surface area (Å²) in [5, 5.41) is 0.732. The summed E-state index contributed by atoms with van der Waals surface area (Å²) in [7, 11) is 1.53. The summed E-state index contributed by atoms with van der Waals surface area (Å²) in [6.07, 6.45) is 0. The van der Waals surface area contributed by atoms with Crippen molar-refractivity contribution in [2.45, 2.75) is 5.75 Å². The average molecular weight is 259 g/mol. The van der Waals surface area contributed by atoms with Gasteiger partial charge in [-0.25, -0.2) is 13.2 Å². The van der Waals surface area contributed by atoms with Crippen LogP contribution in [0.5, 0.6) is 0 Å². The molecule has 1 aromatic carbocycles. The Morgan fingerprint density at radius 1 is 1.19 bits per heavy atom. The molecule has 6 heteroatoms. The van der Waals surface area contributed by atoms with E-state index in [1.165, 1.54) is 12.1 Å². The molecule has 0 fully saturated rings. The molecule has 0 amide bonds. The monoisotopic (exact) mass is 258 g/mol. The Bertz CT molecular complexity index is 687. The first kappa shape index (κ1) is 11.2. The van der Waals surface area contributed by atoms with Crippen LogP contribution in [-0.2, 0) is 14.8 Å². The molecule has 0 radical (unpaired) electrons. The summed E-state index contributed by atoms with van der Waals surface area (Å²) in [5.41, 5.74) is 0.362. The average Bonchev–Trinajstić information content (AvgIpc) is 2.14. The van der Waals surface area contributed by atoms with Gasteiger partial charge in [-0.15, -0.1) is 0 Å². The van der Waals surface area contributed by atoms with Crippen molar-refractivity contribution in [3.8, 4) is 0 Å². The third-order valence-corrected chi connectivity index (χ3v) is 3.03. The van der Waals surface area contributed by atoms with Crippen molar-refractivity contribution in [2.24, 2.45) is 0 Å². The molecule has 0 atom stereocenters. The Hall–Kier alpha value is -1.33. The van der Waals surface area contributed by atoms with Crippen LogP contribution in [0, 0.1) is 0 Å². The maximum Gasteiger partial charge on any atom is 0.336 e. The molecule has 2 rings (SSSR count). The van der Waals surface area contributed by atoms with Gasteiger partial charge in [0.05, 0.1) is 5.75 Å². The molecule has 0 bridgehead atoms. The summed E-state index contributed by atoms with van der Waals surface area (Å²) in [6, 6.07) is 7.72. The van der Waals surface area contributed by atoms with Crippen molar-refractivity contribution in [1.82, 2.24) is 0 Å². The molecule has 0 N–H and O–H groups in total. The van der Waals surface area contributed by atoms with E-state index in [1.807, 2.05) is 0 Å². The van der Waals surface area contributed by atoms with Crippen molar-refractivity contribution in [3.05, 3.63) is 46.3 Å². The summed E-state index contributed by atoms with van der Waals surface area (Å²) in [6.45, 7) is 0. The molecule has 2 aromatic rings. The molecule has 0 unspecified atom stereocenters. The highest BCUT2D eigenvalue weighted by Crippen LogP contribution is 2.17. The van der Waals surface area contributed by atoms with Crippen LogP contribution < -0.4 is 5.63 Å². The second kappa shape index (κ2) is 3.92. The van der Waals surface area contributed by atoms with Gasteiger partial charge in [0.25, 0.3) is 0 Å². The van der Waals surface area contributed by atoms with Crippen LogP contribution in [0.4, 0.5) is 0 Å². The molecule has 0 aliphatic carbocycles.